The second-order valence-corrected chi connectivity index (χ2v) is 5.08. The molecule has 1 N–H and O–H groups in total. The zero-order valence-electron chi connectivity index (χ0n) is 12.3. The van der Waals surface area contributed by atoms with Crippen molar-refractivity contribution in [2.75, 3.05) is 6.54 Å². The molecule has 1 rings (SSSR count). The summed E-state index contributed by atoms with van der Waals surface area (Å²) < 4.78 is 13.8. The summed E-state index contributed by atoms with van der Waals surface area (Å²) in [7, 11) is 0. The third-order valence-corrected chi connectivity index (χ3v) is 3.35. The summed E-state index contributed by atoms with van der Waals surface area (Å²) in [4.78, 5) is 4.21. The van der Waals surface area contributed by atoms with Gasteiger partial charge in [0.1, 0.15) is 5.82 Å². The third kappa shape index (κ3) is 6.15. The summed E-state index contributed by atoms with van der Waals surface area (Å²) >= 11 is 0. The molecule has 1 aromatic heterocycles. The molecule has 0 fully saturated rings. The fourth-order valence-corrected chi connectivity index (χ4v) is 2.26. The van der Waals surface area contributed by atoms with E-state index in [9.17, 15) is 4.39 Å². The minimum absolute atomic E-state index is 0.0581. The number of hydrogen-bond acceptors (Lipinski definition) is 2. The number of aromatic nitrogens is 1. The van der Waals surface area contributed by atoms with Gasteiger partial charge in [0.05, 0.1) is 11.7 Å². The molecule has 19 heavy (non-hydrogen) atoms. The molecule has 108 valence electrons. The molecule has 0 spiro atoms. The number of nitrogens with one attached hydrogen (secondary N) is 1. The van der Waals surface area contributed by atoms with Crippen molar-refractivity contribution in [2.24, 2.45) is 0 Å². The molecule has 2 nitrogen and oxygen atoms in total. The Balaban J connectivity index is 2.49. The van der Waals surface area contributed by atoms with Gasteiger partial charge in [0.15, 0.2) is 0 Å². The van der Waals surface area contributed by atoms with Gasteiger partial charge in [0, 0.05) is 6.20 Å². The lowest BCUT2D eigenvalue weighted by atomic mass is 10.0. The second kappa shape index (κ2) is 9.90. The number of pyridine rings is 1. The van der Waals surface area contributed by atoms with E-state index in [-0.39, 0.29) is 11.9 Å². The van der Waals surface area contributed by atoms with Crippen molar-refractivity contribution in [2.45, 2.75) is 64.8 Å². The smallest absolute Gasteiger partial charge is 0.146 e. The van der Waals surface area contributed by atoms with E-state index in [0.29, 0.717) is 5.69 Å². The minimum Gasteiger partial charge on any atom is -0.309 e. The molecule has 3 heteroatoms. The Morgan fingerprint density at radius 3 is 2.63 bits per heavy atom. The molecule has 0 radical (unpaired) electrons. The zero-order chi connectivity index (χ0) is 13.9. The quantitative estimate of drug-likeness (QED) is 0.625. The van der Waals surface area contributed by atoms with E-state index in [1.807, 2.05) is 0 Å². The highest BCUT2D eigenvalue weighted by atomic mass is 19.1. The summed E-state index contributed by atoms with van der Waals surface area (Å²) in [5.74, 6) is -0.190. The largest absolute Gasteiger partial charge is 0.309 e. The predicted molar refractivity (Wildman–Crippen MR) is 78.6 cm³/mol. The van der Waals surface area contributed by atoms with Crippen LogP contribution in [0.3, 0.4) is 0 Å². The molecule has 0 aromatic carbocycles. The van der Waals surface area contributed by atoms with Crippen LogP contribution in [0.5, 0.6) is 0 Å². The number of unbranched alkanes of at least 4 members (excludes halogenated alkanes) is 4. The number of nitrogens with zero attached hydrogens (tertiary/aromatic N) is 1. The van der Waals surface area contributed by atoms with Crippen molar-refractivity contribution in [3.8, 4) is 0 Å². The van der Waals surface area contributed by atoms with Crippen LogP contribution in [0.25, 0.3) is 0 Å². The van der Waals surface area contributed by atoms with Gasteiger partial charge >= 0.3 is 0 Å². The molecule has 0 saturated carbocycles. The Hall–Kier alpha value is -0.960. The van der Waals surface area contributed by atoms with Crippen LogP contribution < -0.4 is 5.32 Å². The highest BCUT2D eigenvalue weighted by molar-refractivity contribution is 5.11. The van der Waals surface area contributed by atoms with Gasteiger partial charge in [-0.15, -0.1) is 0 Å². The maximum atomic E-state index is 13.8. The maximum Gasteiger partial charge on any atom is 0.146 e. The Morgan fingerprint density at radius 1 is 1.16 bits per heavy atom. The average molecular weight is 266 g/mol. The Morgan fingerprint density at radius 2 is 1.95 bits per heavy atom. The fraction of sp³-hybridized carbons (Fsp3) is 0.688. The summed E-state index contributed by atoms with van der Waals surface area (Å²) in [6.07, 6.45) is 9.90. The van der Waals surface area contributed by atoms with Crippen LogP contribution in [-0.4, -0.2) is 11.5 Å². The van der Waals surface area contributed by atoms with E-state index in [1.54, 1.807) is 12.3 Å². The molecule has 0 bridgehead atoms. The van der Waals surface area contributed by atoms with E-state index in [2.05, 4.69) is 24.1 Å². The normalized spacial score (nSPS) is 12.6. The number of hydrogen-bond donors (Lipinski definition) is 1. The monoisotopic (exact) mass is 266 g/mol. The van der Waals surface area contributed by atoms with E-state index >= 15 is 0 Å². The summed E-state index contributed by atoms with van der Waals surface area (Å²) in [5.41, 5.74) is 0.575. The van der Waals surface area contributed by atoms with E-state index in [4.69, 9.17) is 0 Å². The van der Waals surface area contributed by atoms with E-state index in [1.165, 1.54) is 31.7 Å². The first-order valence-corrected chi connectivity index (χ1v) is 7.63. The van der Waals surface area contributed by atoms with Crippen molar-refractivity contribution >= 4 is 0 Å². The molecular weight excluding hydrogens is 239 g/mol. The second-order valence-electron chi connectivity index (χ2n) is 5.08. The molecule has 1 unspecified atom stereocenters. The summed E-state index contributed by atoms with van der Waals surface area (Å²) in [6, 6.07) is 3.21. The lowest BCUT2D eigenvalue weighted by Gasteiger charge is -2.18. The van der Waals surface area contributed by atoms with Gasteiger partial charge in [0.2, 0.25) is 0 Å². The Bertz CT molecular complexity index is 341. The molecule has 1 atom stereocenters. The predicted octanol–water partition coefficient (Wildman–Crippen LogP) is 4.62. The molecule has 0 aliphatic carbocycles. The lowest BCUT2D eigenvalue weighted by Crippen LogP contribution is -2.24. The first-order chi connectivity index (χ1) is 9.29. The van der Waals surface area contributed by atoms with Crippen LogP contribution in [0.1, 0.15) is 70.5 Å². The molecule has 1 aromatic rings. The van der Waals surface area contributed by atoms with Crippen molar-refractivity contribution in [1.29, 1.82) is 0 Å². The van der Waals surface area contributed by atoms with Crippen molar-refractivity contribution in [1.82, 2.24) is 10.3 Å². The topological polar surface area (TPSA) is 24.9 Å². The van der Waals surface area contributed by atoms with Crippen LogP contribution in [0.15, 0.2) is 18.3 Å². The van der Waals surface area contributed by atoms with E-state index in [0.717, 1.165) is 25.8 Å². The molecule has 0 amide bonds. The highest BCUT2D eigenvalue weighted by Gasteiger charge is 2.15. The van der Waals surface area contributed by atoms with Gasteiger partial charge in [-0.25, -0.2) is 4.39 Å². The van der Waals surface area contributed by atoms with Crippen LogP contribution in [0, 0.1) is 5.82 Å². The van der Waals surface area contributed by atoms with Crippen molar-refractivity contribution < 1.29 is 4.39 Å². The molecule has 0 saturated heterocycles. The number of rotatable bonds is 10. The maximum absolute atomic E-state index is 13.8. The molecule has 0 aliphatic heterocycles. The van der Waals surface area contributed by atoms with Gasteiger partial charge < -0.3 is 5.32 Å². The molecule has 1 heterocycles. The summed E-state index contributed by atoms with van der Waals surface area (Å²) in [6.45, 7) is 5.25. The first-order valence-electron chi connectivity index (χ1n) is 7.63. The standard InChI is InChI=1S/C16H27FN2/c1-3-5-6-7-8-11-15(18-12-4-2)16-14(17)10-9-13-19-16/h9-10,13,15,18H,3-8,11-12H2,1-2H3. The minimum atomic E-state index is -0.190. The van der Waals surface area contributed by atoms with Crippen LogP contribution in [0.4, 0.5) is 4.39 Å². The average Bonchev–Trinajstić information content (AvgIpc) is 2.43. The van der Waals surface area contributed by atoms with Crippen molar-refractivity contribution in [3.63, 3.8) is 0 Å². The molecule has 0 aliphatic rings. The number of halogens is 1. The lowest BCUT2D eigenvalue weighted by molar-refractivity contribution is 0.439. The van der Waals surface area contributed by atoms with Gasteiger partial charge in [-0.2, -0.15) is 0 Å². The fourth-order valence-electron chi connectivity index (χ4n) is 2.26. The van der Waals surface area contributed by atoms with Gasteiger partial charge in [0.25, 0.3) is 0 Å². The third-order valence-electron chi connectivity index (χ3n) is 3.35. The summed E-state index contributed by atoms with van der Waals surface area (Å²) in [5, 5.41) is 3.41. The highest BCUT2D eigenvalue weighted by Crippen LogP contribution is 2.21. The molecular formula is C16H27FN2. The van der Waals surface area contributed by atoms with Gasteiger partial charge in [-0.3, -0.25) is 4.98 Å². The van der Waals surface area contributed by atoms with Crippen LogP contribution in [0.2, 0.25) is 0 Å². The van der Waals surface area contributed by atoms with Gasteiger partial charge in [-0.1, -0.05) is 46.0 Å². The first kappa shape index (κ1) is 16.1. The Kier molecular flexibility index (Phi) is 8.39. The van der Waals surface area contributed by atoms with E-state index < -0.39 is 0 Å². The van der Waals surface area contributed by atoms with Crippen LogP contribution in [-0.2, 0) is 0 Å². The zero-order valence-corrected chi connectivity index (χ0v) is 12.3. The van der Waals surface area contributed by atoms with Crippen LogP contribution >= 0.6 is 0 Å². The van der Waals surface area contributed by atoms with Crippen molar-refractivity contribution in [3.05, 3.63) is 29.8 Å². The van der Waals surface area contributed by atoms with Gasteiger partial charge in [-0.05, 0) is 31.5 Å². The SMILES string of the molecule is CCCCCCCC(NCCC)c1ncccc1F. The Labute approximate surface area is 116 Å².